The predicted octanol–water partition coefficient (Wildman–Crippen LogP) is 4.71. The van der Waals surface area contributed by atoms with Gasteiger partial charge < -0.3 is 9.64 Å². The van der Waals surface area contributed by atoms with Gasteiger partial charge >= 0.3 is 0 Å². The molecule has 2 aromatic carbocycles. The lowest BCUT2D eigenvalue weighted by Gasteiger charge is -2.32. The first-order valence-corrected chi connectivity index (χ1v) is 8.39. The van der Waals surface area contributed by atoms with Gasteiger partial charge in [0.2, 0.25) is 0 Å². The van der Waals surface area contributed by atoms with E-state index in [0.29, 0.717) is 5.92 Å². The van der Waals surface area contributed by atoms with Crippen molar-refractivity contribution in [1.82, 2.24) is 0 Å². The Hall–Kier alpha value is -2.06. The van der Waals surface area contributed by atoms with Crippen LogP contribution in [0.25, 0.3) is 5.57 Å². The number of nitrogens with zero attached hydrogens (tertiary/aromatic N) is 1. The maximum absolute atomic E-state index is 5.52. The summed E-state index contributed by atoms with van der Waals surface area (Å²) in [6.07, 6.45) is 0. The molecule has 0 saturated carbocycles. The summed E-state index contributed by atoms with van der Waals surface area (Å²) in [5.41, 5.74) is 6.23. The average Bonchev–Trinajstić information content (AvgIpc) is 2.62. The summed E-state index contributed by atoms with van der Waals surface area (Å²) in [4.78, 5) is 2.43. The van der Waals surface area contributed by atoms with Crippen LogP contribution in [0.1, 0.15) is 36.5 Å². The zero-order valence-corrected chi connectivity index (χ0v) is 14.1. The molecule has 0 atom stereocenters. The minimum atomic E-state index is 0.464. The average molecular weight is 307 g/mol. The largest absolute Gasteiger partial charge is 0.378 e. The molecular formula is C21H25NO. The molecule has 0 spiro atoms. The van der Waals surface area contributed by atoms with Crippen molar-refractivity contribution in [2.75, 3.05) is 31.2 Å². The van der Waals surface area contributed by atoms with Crippen LogP contribution < -0.4 is 4.90 Å². The fourth-order valence-electron chi connectivity index (χ4n) is 3.22. The van der Waals surface area contributed by atoms with Crippen molar-refractivity contribution < 1.29 is 4.74 Å². The Kier molecular flexibility index (Phi) is 4.82. The molecule has 0 amide bonds. The molecule has 0 bridgehead atoms. The second kappa shape index (κ2) is 7.01. The summed E-state index contributed by atoms with van der Waals surface area (Å²) < 4.78 is 5.52. The van der Waals surface area contributed by atoms with Crippen molar-refractivity contribution in [3.8, 4) is 0 Å². The standard InChI is InChI=1S/C21H25NO/c1-16(2)19-10-7-11-20(22-12-14-23-15-13-22)21(19)17(3)18-8-5-4-6-9-18/h4-11,16H,3,12-15H2,1-2H3. The Labute approximate surface area is 139 Å². The monoisotopic (exact) mass is 307 g/mol. The molecule has 0 radical (unpaired) electrons. The lowest BCUT2D eigenvalue weighted by atomic mass is 9.88. The Morgan fingerprint density at radius 1 is 1.00 bits per heavy atom. The van der Waals surface area contributed by atoms with E-state index in [1.807, 2.05) is 6.07 Å². The molecule has 2 nitrogen and oxygen atoms in total. The van der Waals surface area contributed by atoms with Crippen molar-refractivity contribution in [3.05, 3.63) is 71.8 Å². The van der Waals surface area contributed by atoms with Crippen LogP contribution in [0, 0.1) is 0 Å². The molecule has 3 rings (SSSR count). The Balaban J connectivity index is 2.09. The van der Waals surface area contributed by atoms with E-state index >= 15 is 0 Å². The highest BCUT2D eigenvalue weighted by atomic mass is 16.5. The highest BCUT2D eigenvalue weighted by Crippen LogP contribution is 2.37. The van der Waals surface area contributed by atoms with Gasteiger partial charge in [-0.2, -0.15) is 0 Å². The summed E-state index contributed by atoms with van der Waals surface area (Å²) in [6.45, 7) is 12.4. The van der Waals surface area contributed by atoms with Gasteiger partial charge in [-0.25, -0.2) is 0 Å². The van der Waals surface area contributed by atoms with Crippen LogP contribution in [0.3, 0.4) is 0 Å². The van der Waals surface area contributed by atoms with Crippen molar-refractivity contribution in [2.45, 2.75) is 19.8 Å². The molecule has 1 aliphatic heterocycles. The quantitative estimate of drug-likeness (QED) is 0.811. The number of ether oxygens (including phenoxy) is 1. The maximum atomic E-state index is 5.52. The van der Waals surface area contributed by atoms with E-state index < -0.39 is 0 Å². The second-order valence-electron chi connectivity index (χ2n) is 6.34. The van der Waals surface area contributed by atoms with Gasteiger partial charge in [0.05, 0.1) is 13.2 Å². The van der Waals surface area contributed by atoms with Gasteiger partial charge in [-0.3, -0.25) is 0 Å². The van der Waals surface area contributed by atoms with Crippen molar-refractivity contribution in [2.24, 2.45) is 0 Å². The van der Waals surface area contributed by atoms with E-state index in [-0.39, 0.29) is 0 Å². The van der Waals surface area contributed by atoms with Crippen molar-refractivity contribution >= 4 is 11.3 Å². The highest BCUT2D eigenvalue weighted by Gasteiger charge is 2.20. The first kappa shape index (κ1) is 15.8. The Morgan fingerprint density at radius 2 is 1.70 bits per heavy atom. The molecule has 0 aliphatic carbocycles. The van der Waals surface area contributed by atoms with Crippen LogP contribution in [0.4, 0.5) is 5.69 Å². The highest BCUT2D eigenvalue weighted by molar-refractivity contribution is 5.87. The normalized spacial score (nSPS) is 15.0. The van der Waals surface area contributed by atoms with E-state index in [1.54, 1.807) is 0 Å². The van der Waals surface area contributed by atoms with Gasteiger partial charge in [0.25, 0.3) is 0 Å². The third-order valence-electron chi connectivity index (χ3n) is 4.47. The smallest absolute Gasteiger partial charge is 0.0642 e. The fourth-order valence-corrected chi connectivity index (χ4v) is 3.22. The van der Waals surface area contributed by atoms with E-state index in [0.717, 1.165) is 31.9 Å². The van der Waals surface area contributed by atoms with Gasteiger partial charge in [-0.1, -0.05) is 62.9 Å². The second-order valence-corrected chi connectivity index (χ2v) is 6.34. The topological polar surface area (TPSA) is 12.5 Å². The first-order chi connectivity index (χ1) is 11.2. The van der Waals surface area contributed by atoms with Crippen LogP contribution in [-0.4, -0.2) is 26.3 Å². The molecule has 1 heterocycles. The van der Waals surface area contributed by atoms with E-state index in [9.17, 15) is 0 Å². The van der Waals surface area contributed by atoms with Gasteiger partial charge in [0.15, 0.2) is 0 Å². The summed E-state index contributed by atoms with van der Waals surface area (Å²) in [7, 11) is 0. The van der Waals surface area contributed by atoms with Gasteiger partial charge in [-0.15, -0.1) is 0 Å². The van der Waals surface area contributed by atoms with Crippen LogP contribution in [-0.2, 0) is 4.74 Å². The molecule has 0 aromatic heterocycles. The molecule has 1 aliphatic rings. The number of morpholine rings is 1. The maximum Gasteiger partial charge on any atom is 0.0642 e. The van der Waals surface area contributed by atoms with Crippen LogP contribution >= 0.6 is 0 Å². The molecule has 2 aromatic rings. The minimum Gasteiger partial charge on any atom is -0.378 e. The number of anilines is 1. The summed E-state index contributed by atoms with van der Waals surface area (Å²) in [6, 6.07) is 17.1. The van der Waals surface area contributed by atoms with Gasteiger partial charge in [0.1, 0.15) is 0 Å². The number of benzene rings is 2. The molecule has 1 saturated heterocycles. The Bertz CT molecular complexity index is 669. The molecular weight excluding hydrogens is 282 g/mol. The molecule has 2 heteroatoms. The lowest BCUT2D eigenvalue weighted by Crippen LogP contribution is -2.36. The first-order valence-electron chi connectivity index (χ1n) is 8.39. The third-order valence-corrected chi connectivity index (χ3v) is 4.47. The zero-order chi connectivity index (χ0) is 16.2. The summed E-state index contributed by atoms with van der Waals surface area (Å²) in [5, 5.41) is 0. The molecule has 23 heavy (non-hydrogen) atoms. The number of rotatable bonds is 4. The van der Waals surface area contributed by atoms with Crippen LogP contribution in [0.15, 0.2) is 55.1 Å². The van der Waals surface area contributed by atoms with Gasteiger partial charge in [0, 0.05) is 24.3 Å². The number of hydrogen-bond donors (Lipinski definition) is 0. The van der Waals surface area contributed by atoms with E-state index in [4.69, 9.17) is 4.74 Å². The van der Waals surface area contributed by atoms with E-state index in [1.165, 1.54) is 22.4 Å². The fraction of sp³-hybridized carbons (Fsp3) is 0.333. The molecule has 0 N–H and O–H groups in total. The molecule has 120 valence electrons. The SMILES string of the molecule is C=C(c1ccccc1)c1c(C(C)C)cccc1N1CCOCC1. The lowest BCUT2D eigenvalue weighted by molar-refractivity contribution is 0.122. The molecule has 1 fully saturated rings. The number of hydrogen-bond acceptors (Lipinski definition) is 2. The van der Waals surface area contributed by atoms with Crippen LogP contribution in [0.5, 0.6) is 0 Å². The van der Waals surface area contributed by atoms with Crippen molar-refractivity contribution in [1.29, 1.82) is 0 Å². The van der Waals surface area contributed by atoms with Crippen molar-refractivity contribution in [3.63, 3.8) is 0 Å². The molecule has 0 unspecified atom stereocenters. The van der Waals surface area contributed by atoms with Gasteiger partial charge in [-0.05, 0) is 28.7 Å². The van der Waals surface area contributed by atoms with E-state index in [2.05, 4.69) is 67.8 Å². The summed E-state index contributed by atoms with van der Waals surface area (Å²) >= 11 is 0. The summed E-state index contributed by atoms with van der Waals surface area (Å²) in [5.74, 6) is 0.464. The zero-order valence-electron chi connectivity index (χ0n) is 14.1. The predicted molar refractivity (Wildman–Crippen MR) is 98.1 cm³/mol. The van der Waals surface area contributed by atoms with Crippen LogP contribution in [0.2, 0.25) is 0 Å². The minimum absolute atomic E-state index is 0.464. The third kappa shape index (κ3) is 3.32. The Morgan fingerprint density at radius 3 is 2.35 bits per heavy atom.